The number of rotatable bonds is 8. The number of hydroxylamine groups is 2. The van der Waals surface area contributed by atoms with Gasteiger partial charge in [-0.15, -0.1) is 0 Å². The molecular weight excluding hydrogens is 604 g/mol. The maximum atomic E-state index is 14.0. The van der Waals surface area contributed by atoms with Crippen LogP contribution in [0.5, 0.6) is 0 Å². The second-order valence-corrected chi connectivity index (χ2v) is 16.4. The van der Waals surface area contributed by atoms with Gasteiger partial charge in [0.2, 0.25) is 11.8 Å². The molecule has 9 heteroatoms. The van der Waals surface area contributed by atoms with E-state index in [2.05, 4.69) is 55.2 Å². The van der Waals surface area contributed by atoms with Crippen molar-refractivity contribution in [2.24, 2.45) is 35.0 Å². The van der Waals surface area contributed by atoms with Crippen LogP contribution in [0.25, 0.3) is 0 Å². The van der Waals surface area contributed by atoms with Crippen LogP contribution in [-0.2, 0) is 21.0 Å². The lowest BCUT2D eigenvalue weighted by Crippen LogP contribution is -2.62. The smallest absolute Gasteiger partial charge is 0.240 e. The summed E-state index contributed by atoms with van der Waals surface area (Å²) < 4.78 is 0. The topological polar surface area (TPSA) is 114 Å². The number of fused-ring (bicyclic) bond motifs is 2. The number of aliphatic hydroxyl groups excluding tert-OH is 2. The minimum atomic E-state index is -0.840. The number of amides is 2. The number of carbonyl (C=O) groups excluding carboxylic acids is 2. The number of carbonyl (C=O) groups is 2. The van der Waals surface area contributed by atoms with Crippen molar-refractivity contribution in [2.75, 3.05) is 26.7 Å². The molecule has 4 aliphatic carbocycles. The highest BCUT2D eigenvalue weighted by Gasteiger charge is 2.57. The van der Waals surface area contributed by atoms with E-state index in [1.165, 1.54) is 6.42 Å². The number of aliphatic hydroxyl groups is 2. The first-order chi connectivity index (χ1) is 22.9. The second kappa shape index (κ2) is 14.4. The zero-order valence-electron chi connectivity index (χ0n) is 29.7. The van der Waals surface area contributed by atoms with Crippen molar-refractivity contribution in [1.82, 2.24) is 20.6 Å². The van der Waals surface area contributed by atoms with Crippen molar-refractivity contribution in [3.05, 3.63) is 35.4 Å². The fourth-order valence-electron chi connectivity index (χ4n) is 9.65. The standard InChI is InChI=1S/C39H58N4O5/c1-25-31-21-30(38(31,3)4)22-32(25)40-37(47)35-34(26(2)45)33(24-44)48-43(35)23-28-11-9-10-27(20-28)12-17-39(15-7-6-8-16-39)41-36(46)29-13-18-42(5)19-14-29/h9-11,20,25-26,29-35,44-45H,6-8,13-16,18-19,21-24H2,1-5H3,(H,40,47)(H,41,46)/t25-,26-,30?,31-,32-,33-,34+,35-/m0/s1. The lowest BCUT2D eigenvalue weighted by atomic mass is 9.45. The molecule has 6 aliphatic rings. The van der Waals surface area contributed by atoms with E-state index < -0.39 is 29.7 Å². The molecule has 0 spiro atoms. The average Bonchev–Trinajstić information content (AvgIpc) is 3.44. The van der Waals surface area contributed by atoms with Crippen LogP contribution in [0.4, 0.5) is 0 Å². The van der Waals surface area contributed by atoms with Gasteiger partial charge in [-0.05, 0) is 106 Å². The van der Waals surface area contributed by atoms with Gasteiger partial charge in [-0.25, -0.2) is 0 Å². The van der Waals surface area contributed by atoms with Crippen LogP contribution in [-0.4, -0.2) is 88.6 Å². The van der Waals surface area contributed by atoms with E-state index >= 15 is 0 Å². The predicted molar refractivity (Wildman–Crippen MR) is 185 cm³/mol. The van der Waals surface area contributed by atoms with Crippen LogP contribution < -0.4 is 10.6 Å². The molecule has 2 saturated heterocycles. The van der Waals surface area contributed by atoms with Gasteiger partial charge >= 0.3 is 0 Å². The maximum Gasteiger partial charge on any atom is 0.240 e. The van der Waals surface area contributed by atoms with Crippen molar-refractivity contribution < 1.29 is 24.6 Å². The molecular formula is C39H58N4O5. The summed E-state index contributed by atoms with van der Waals surface area (Å²) in [6, 6.07) is 7.30. The van der Waals surface area contributed by atoms with E-state index in [1.807, 2.05) is 24.3 Å². The molecule has 0 radical (unpaired) electrons. The molecule has 4 N–H and O–H groups in total. The Morgan fingerprint density at radius 2 is 1.83 bits per heavy atom. The number of likely N-dealkylation sites (tertiary alicyclic amines) is 1. The normalized spacial score (nSPS) is 33.9. The zero-order valence-corrected chi connectivity index (χ0v) is 29.7. The molecule has 2 bridgehead atoms. The first-order valence-corrected chi connectivity index (χ1v) is 18.6. The van der Waals surface area contributed by atoms with E-state index in [-0.39, 0.29) is 30.4 Å². The molecule has 1 aromatic rings. The Morgan fingerprint density at radius 3 is 2.48 bits per heavy atom. The molecule has 0 aromatic heterocycles. The van der Waals surface area contributed by atoms with E-state index in [0.29, 0.717) is 29.7 Å². The molecule has 2 amide bonds. The van der Waals surface area contributed by atoms with Crippen molar-refractivity contribution in [2.45, 2.75) is 122 Å². The quantitative estimate of drug-likeness (QED) is 0.313. The molecule has 48 heavy (non-hydrogen) atoms. The summed E-state index contributed by atoms with van der Waals surface area (Å²) >= 11 is 0. The van der Waals surface area contributed by atoms with E-state index in [4.69, 9.17) is 4.84 Å². The second-order valence-electron chi connectivity index (χ2n) is 16.4. The molecule has 1 unspecified atom stereocenters. The van der Waals surface area contributed by atoms with E-state index in [9.17, 15) is 19.8 Å². The number of piperidine rings is 1. The monoisotopic (exact) mass is 662 g/mol. The third-order valence-electron chi connectivity index (χ3n) is 12.9. The summed E-state index contributed by atoms with van der Waals surface area (Å²) in [5.74, 6) is 7.95. The molecule has 2 aliphatic heterocycles. The Morgan fingerprint density at radius 1 is 1.10 bits per heavy atom. The van der Waals surface area contributed by atoms with Crippen LogP contribution in [0, 0.1) is 46.8 Å². The molecule has 264 valence electrons. The van der Waals surface area contributed by atoms with Gasteiger partial charge in [-0.2, -0.15) is 5.06 Å². The van der Waals surface area contributed by atoms with E-state index in [0.717, 1.165) is 75.6 Å². The molecule has 4 saturated carbocycles. The molecule has 2 heterocycles. The summed E-state index contributed by atoms with van der Waals surface area (Å²) in [5, 5.41) is 29.4. The third-order valence-corrected chi connectivity index (χ3v) is 12.9. The summed E-state index contributed by atoms with van der Waals surface area (Å²) in [4.78, 5) is 35.9. The van der Waals surface area contributed by atoms with E-state index in [1.54, 1.807) is 12.0 Å². The summed E-state index contributed by atoms with van der Waals surface area (Å²) in [5.41, 5.74) is 1.57. The average molecular weight is 663 g/mol. The van der Waals surface area contributed by atoms with Crippen LogP contribution >= 0.6 is 0 Å². The molecule has 8 atom stereocenters. The Kier molecular flexibility index (Phi) is 10.6. The summed E-state index contributed by atoms with van der Waals surface area (Å²) in [6.07, 6.45) is 7.42. The third kappa shape index (κ3) is 7.20. The Bertz CT molecular complexity index is 1370. The minimum absolute atomic E-state index is 0.0443. The predicted octanol–water partition coefficient (Wildman–Crippen LogP) is 3.86. The minimum Gasteiger partial charge on any atom is -0.394 e. The maximum absolute atomic E-state index is 14.0. The SMILES string of the molecule is C[C@@H]1[C@@H](NC(=O)[C@@H]2[C@H]([C@H](C)O)[C@H](CO)ON2Cc2cccc(C#CC3(NC(=O)C4CCN(C)CC4)CCCCC3)c2)CC2C[C@@H]1C2(C)C. The molecule has 6 fully saturated rings. The Hall–Kier alpha value is -2.48. The first-order valence-electron chi connectivity index (χ1n) is 18.6. The van der Waals surface area contributed by atoms with Crippen molar-refractivity contribution in [3.63, 3.8) is 0 Å². The summed E-state index contributed by atoms with van der Waals surface area (Å²) in [6.45, 7) is 10.5. The van der Waals surface area contributed by atoms with Crippen molar-refractivity contribution in [1.29, 1.82) is 0 Å². The first kappa shape index (κ1) is 35.3. The number of hydrogen-bond donors (Lipinski definition) is 4. The Labute approximate surface area is 287 Å². The van der Waals surface area contributed by atoms with Gasteiger partial charge in [0.15, 0.2) is 0 Å². The van der Waals surface area contributed by atoms with Crippen LogP contribution in [0.3, 0.4) is 0 Å². The highest BCUT2D eigenvalue weighted by Crippen LogP contribution is 2.61. The highest BCUT2D eigenvalue weighted by atomic mass is 16.7. The van der Waals surface area contributed by atoms with Crippen molar-refractivity contribution >= 4 is 11.8 Å². The largest absolute Gasteiger partial charge is 0.394 e. The zero-order chi connectivity index (χ0) is 34.2. The summed E-state index contributed by atoms with van der Waals surface area (Å²) in [7, 11) is 2.11. The fraction of sp³-hybridized carbons (Fsp3) is 0.744. The lowest BCUT2D eigenvalue weighted by molar-refractivity contribution is -0.183. The van der Waals surface area contributed by atoms with Gasteiger partial charge in [0.25, 0.3) is 0 Å². The highest BCUT2D eigenvalue weighted by molar-refractivity contribution is 5.83. The lowest BCUT2D eigenvalue weighted by Gasteiger charge is -2.62. The van der Waals surface area contributed by atoms with Crippen molar-refractivity contribution in [3.8, 4) is 11.8 Å². The van der Waals surface area contributed by atoms with Gasteiger partial charge in [0.05, 0.1) is 19.3 Å². The molecule has 9 nitrogen and oxygen atoms in total. The number of hydrogen-bond acceptors (Lipinski definition) is 7. The number of nitrogens with one attached hydrogen (secondary N) is 2. The van der Waals surface area contributed by atoms with Gasteiger partial charge in [0.1, 0.15) is 17.7 Å². The number of benzene rings is 1. The van der Waals surface area contributed by atoms with Gasteiger partial charge in [-0.1, -0.05) is 64.0 Å². The van der Waals surface area contributed by atoms with Gasteiger partial charge in [-0.3, -0.25) is 14.4 Å². The molecule has 1 aromatic carbocycles. The number of nitrogens with zero attached hydrogens (tertiary/aromatic N) is 2. The Balaban J connectivity index is 1.17. The molecule has 7 rings (SSSR count). The van der Waals surface area contributed by atoms with Gasteiger partial charge in [0, 0.05) is 23.4 Å². The van der Waals surface area contributed by atoms with Crippen LogP contribution in [0.1, 0.15) is 96.6 Å². The van der Waals surface area contributed by atoms with Crippen LogP contribution in [0.2, 0.25) is 0 Å². The fourth-order valence-corrected chi connectivity index (χ4v) is 9.65. The van der Waals surface area contributed by atoms with Crippen LogP contribution in [0.15, 0.2) is 24.3 Å². The van der Waals surface area contributed by atoms with Gasteiger partial charge < -0.3 is 25.7 Å².